The van der Waals surface area contributed by atoms with E-state index in [1.165, 1.54) is 70.6 Å². The third-order valence-electron chi connectivity index (χ3n) is 4.92. The van der Waals surface area contributed by atoms with Crippen LogP contribution >= 0.6 is 0 Å². The highest BCUT2D eigenvalue weighted by molar-refractivity contribution is 4.87. The number of aliphatic hydroxyl groups excluding tert-OH is 1. The van der Waals surface area contributed by atoms with E-state index in [9.17, 15) is 5.11 Å². The van der Waals surface area contributed by atoms with Gasteiger partial charge in [0.1, 0.15) is 0 Å². The zero-order valence-electron chi connectivity index (χ0n) is 12.3. The highest BCUT2D eigenvalue weighted by Crippen LogP contribution is 2.38. The molecule has 0 aromatic heterocycles. The highest BCUT2D eigenvalue weighted by atomic mass is 16.3. The van der Waals surface area contributed by atoms with Crippen molar-refractivity contribution in [1.29, 1.82) is 0 Å². The Kier molecular flexibility index (Phi) is 7.92. The highest BCUT2D eigenvalue weighted by Gasteiger charge is 2.32. The van der Waals surface area contributed by atoms with E-state index < -0.39 is 0 Å². The molecule has 0 aromatic rings. The maximum atomic E-state index is 9.37. The van der Waals surface area contributed by atoms with Crippen LogP contribution in [-0.4, -0.2) is 17.8 Å². The van der Waals surface area contributed by atoms with Crippen molar-refractivity contribution in [2.24, 2.45) is 11.1 Å². The summed E-state index contributed by atoms with van der Waals surface area (Å²) >= 11 is 0. The second-order valence-electron chi connectivity index (χ2n) is 6.31. The Hall–Kier alpha value is -0.0800. The summed E-state index contributed by atoms with van der Waals surface area (Å²) in [6.07, 6.45) is 15.6. The maximum absolute atomic E-state index is 9.37. The van der Waals surface area contributed by atoms with Crippen LogP contribution in [0.15, 0.2) is 0 Å². The second-order valence-corrected chi connectivity index (χ2v) is 6.31. The molecular weight excluding hydrogens is 222 g/mol. The number of hydrogen-bond donors (Lipinski definition) is 2. The largest absolute Gasteiger partial charge is 0.396 e. The molecule has 1 fully saturated rings. The van der Waals surface area contributed by atoms with Gasteiger partial charge in [-0.25, -0.2) is 0 Å². The van der Waals surface area contributed by atoms with E-state index in [0.717, 1.165) is 6.42 Å². The Morgan fingerprint density at radius 3 is 1.61 bits per heavy atom. The predicted octanol–water partition coefficient (Wildman–Crippen LogP) is 4.01. The minimum Gasteiger partial charge on any atom is -0.396 e. The predicted molar refractivity (Wildman–Crippen MR) is 78.6 cm³/mol. The fourth-order valence-electron chi connectivity index (χ4n) is 3.47. The number of rotatable bonds is 3. The lowest BCUT2D eigenvalue weighted by molar-refractivity contribution is 0.122. The van der Waals surface area contributed by atoms with Crippen LogP contribution in [-0.2, 0) is 0 Å². The molecule has 1 unspecified atom stereocenters. The summed E-state index contributed by atoms with van der Waals surface area (Å²) in [7, 11) is 0. The SMILES string of the molecule is CC(N)C1(CCO)CCCCCCCCCCC1. The molecule has 18 heavy (non-hydrogen) atoms. The van der Waals surface area contributed by atoms with Crippen LogP contribution in [0.1, 0.15) is 84.0 Å². The number of nitrogens with two attached hydrogens (primary N) is 1. The molecule has 0 spiro atoms. The van der Waals surface area contributed by atoms with Crippen LogP contribution in [0.5, 0.6) is 0 Å². The van der Waals surface area contributed by atoms with Crippen molar-refractivity contribution >= 4 is 0 Å². The monoisotopic (exact) mass is 255 g/mol. The van der Waals surface area contributed by atoms with Gasteiger partial charge in [-0.1, -0.05) is 57.8 Å². The van der Waals surface area contributed by atoms with Crippen LogP contribution in [0.25, 0.3) is 0 Å². The van der Waals surface area contributed by atoms with Gasteiger partial charge in [0.15, 0.2) is 0 Å². The Labute approximate surface area is 113 Å². The van der Waals surface area contributed by atoms with Crippen molar-refractivity contribution in [2.75, 3.05) is 6.61 Å². The first-order valence-corrected chi connectivity index (χ1v) is 8.08. The maximum Gasteiger partial charge on any atom is 0.0436 e. The van der Waals surface area contributed by atoms with E-state index >= 15 is 0 Å². The van der Waals surface area contributed by atoms with E-state index in [1.54, 1.807) is 0 Å². The Morgan fingerprint density at radius 2 is 1.28 bits per heavy atom. The zero-order chi connectivity index (χ0) is 13.3. The number of aliphatic hydroxyl groups is 1. The van der Waals surface area contributed by atoms with Gasteiger partial charge in [-0.05, 0) is 31.6 Å². The summed E-state index contributed by atoms with van der Waals surface area (Å²) in [6.45, 7) is 2.43. The van der Waals surface area contributed by atoms with E-state index in [-0.39, 0.29) is 11.5 Å². The van der Waals surface area contributed by atoms with Crippen LogP contribution < -0.4 is 5.73 Å². The Balaban J connectivity index is 2.57. The normalized spacial score (nSPS) is 24.8. The molecule has 3 N–H and O–H groups in total. The minimum absolute atomic E-state index is 0.202. The molecule has 108 valence electrons. The fourth-order valence-corrected chi connectivity index (χ4v) is 3.47. The molecule has 0 aromatic carbocycles. The molecule has 2 nitrogen and oxygen atoms in total. The molecule has 1 aliphatic rings. The first-order valence-electron chi connectivity index (χ1n) is 8.08. The minimum atomic E-state index is 0.202. The van der Waals surface area contributed by atoms with Gasteiger partial charge in [-0.3, -0.25) is 0 Å². The molecule has 0 amide bonds. The van der Waals surface area contributed by atoms with Crippen molar-refractivity contribution in [2.45, 2.75) is 90.0 Å². The van der Waals surface area contributed by atoms with Crippen LogP contribution in [0.4, 0.5) is 0 Å². The van der Waals surface area contributed by atoms with Gasteiger partial charge in [-0.15, -0.1) is 0 Å². The molecule has 0 aliphatic heterocycles. The summed E-state index contributed by atoms with van der Waals surface area (Å²) in [5.41, 5.74) is 6.46. The first-order chi connectivity index (χ1) is 8.71. The topological polar surface area (TPSA) is 46.2 Å². The van der Waals surface area contributed by atoms with Gasteiger partial charge < -0.3 is 10.8 Å². The molecule has 0 saturated heterocycles. The molecule has 2 heteroatoms. The van der Waals surface area contributed by atoms with Gasteiger partial charge in [0, 0.05) is 12.6 Å². The lowest BCUT2D eigenvalue weighted by Gasteiger charge is -2.38. The van der Waals surface area contributed by atoms with E-state index in [1.807, 2.05) is 0 Å². The van der Waals surface area contributed by atoms with E-state index in [2.05, 4.69) is 6.92 Å². The summed E-state index contributed by atoms with van der Waals surface area (Å²) in [6, 6.07) is 0.215. The molecule has 1 atom stereocenters. The second kappa shape index (κ2) is 8.92. The molecular formula is C16H33NO. The van der Waals surface area contributed by atoms with Crippen molar-refractivity contribution < 1.29 is 5.11 Å². The quantitative estimate of drug-likeness (QED) is 0.800. The van der Waals surface area contributed by atoms with Crippen LogP contribution in [0.3, 0.4) is 0 Å². The zero-order valence-corrected chi connectivity index (χ0v) is 12.3. The Morgan fingerprint density at radius 1 is 0.889 bits per heavy atom. The lowest BCUT2D eigenvalue weighted by Crippen LogP contribution is -2.40. The molecule has 0 heterocycles. The standard InChI is InChI=1S/C16H33NO/c1-15(17)16(13-14-18)11-9-7-5-3-2-4-6-8-10-12-16/h15,18H,2-14,17H2,1H3. The summed E-state index contributed by atoms with van der Waals surface area (Å²) in [4.78, 5) is 0. The van der Waals surface area contributed by atoms with Crippen LogP contribution in [0.2, 0.25) is 0 Å². The third kappa shape index (κ3) is 5.27. The first kappa shape index (κ1) is 16.0. The molecule has 1 aliphatic carbocycles. The molecule has 1 rings (SSSR count). The van der Waals surface area contributed by atoms with Crippen molar-refractivity contribution in [3.63, 3.8) is 0 Å². The van der Waals surface area contributed by atoms with Gasteiger partial charge in [0.05, 0.1) is 0 Å². The summed E-state index contributed by atoms with van der Waals surface area (Å²) in [5.74, 6) is 0. The van der Waals surface area contributed by atoms with E-state index in [0.29, 0.717) is 6.61 Å². The lowest BCUT2D eigenvalue weighted by atomic mass is 9.70. The number of hydrogen-bond acceptors (Lipinski definition) is 2. The van der Waals surface area contributed by atoms with E-state index in [4.69, 9.17) is 5.73 Å². The fraction of sp³-hybridized carbons (Fsp3) is 1.00. The smallest absolute Gasteiger partial charge is 0.0436 e. The van der Waals surface area contributed by atoms with Crippen LogP contribution in [0, 0.1) is 5.41 Å². The molecule has 0 radical (unpaired) electrons. The average molecular weight is 255 g/mol. The van der Waals surface area contributed by atoms with Crippen molar-refractivity contribution in [1.82, 2.24) is 0 Å². The van der Waals surface area contributed by atoms with Crippen molar-refractivity contribution in [3.8, 4) is 0 Å². The average Bonchev–Trinajstić information content (AvgIpc) is 2.32. The summed E-state index contributed by atoms with van der Waals surface area (Å²) in [5, 5.41) is 9.37. The molecule has 0 bridgehead atoms. The summed E-state index contributed by atoms with van der Waals surface area (Å²) < 4.78 is 0. The van der Waals surface area contributed by atoms with Gasteiger partial charge >= 0.3 is 0 Å². The van der Waals surface area contributed by atoms with Gasteiger partial charge in [-0.2, -0.15) is 0 Å². The third-order valence-corrected chi connectivity index (χ3v) is 4.92. The molecule has 1 saturated carbocycles. The Bertz CT molecular complexity index is 191. The van der Waals surface area contributed by atoms with Gasteiger partial charge in [0.25, 0.3) is 0 Å². The van der Waals surface area contributed by atoms with Crippen molar-refractivity contribution in [3.05, 3.63) is 0 Å². The van der Waals surface area contributed by atoms with Gasteiger partial charge in [0.2, 0.25) is 0 Å².